The fourth-order valence-corrected chi connectivity index (χ4v) is 3.94. The first kappa shape index (κ1) is 20.5. The van der Waals surface area contributed by atoms with Crippen molar-refractivity contribution in [3.63, 3.8) is 0 Å². The van der Waals surface area contributed by atoms with Gasteiger partial charge in [-0.2, -0.15) is 0 Å². The number of phenols is 1. The molecule has 3 aromatic rings. The molecule has 1 aliphatic rings. The fourth-order valence-electron chi connectivity index (χ4n) is 3.94. The predicted octanol–water partition coefficient (Wildman–Crippen LogP) is 2.94. The molecule has 0 atom stereocenters. The lowest BCUT2D eigenvalue weighted by Gasteiger charge is -2.26. The van der Waals surface area contributed by atoms with E-state index in [1.54, 1.807) is 18.3 Å². The van der Waals surface area contributed by atoms with E-state index >= 15 is 0 Å². The molecular formula is C23H26N2O5. The minimum Gasteiger partial charge on any atom is -0.508 e. The lowest BCUT2D eigenvalue weighted by Crippen LogP contribution is -2.26. The SMILES string of the molecule is Cc1cc(-c2c(C3CCOCC3)nc(OC(CO)CO)c3cc(O)ccc23)ccn1. The summed E-state index contributed by atoms with van der Waals surface area (Å²) in [4.78, 5) is 9.20. The molecule has 0 spiro atoms. The number of fused-ring (bicyclic) bond motifs is 1. The number of hydrogen-bond donors (Lipinski definition) is 3. The summed E-state index contributed by atoms with van der Waals surface area (Å²) in [5.74, 6) is 0.573. The largest absolute Gasteiger partial charge is 0.508 e. The van der Waals surface area contributed by atoms with Crippen LogP contribution in [0, 0.1) is 6.92 Å². The Hall–Kier alpha value is -2.74. The normalized spacial score (nSPS) is 15.1. The molecule has 0 saturated carbocycles. The summed E-state index contributed by atoms with van der Waals surface area (Å²) in [5, 5.41) is 30.7. The summed E-state index contributed by atoms with van der Waals surface area (Å²) >= 11 is 0. The van der Waals surface area contributed by atoms with Gasteiger partial charge in [-0.15, -0.1) is 0 Å². The number of aliphatic hydroxyl groups excluding tert-OH is 2. The number of pyridine rings is 2. The first-order valence-corrected chi connectivity index (χ1v) is 10.2. The number of aliphatic hydroxyl groups is 2. The molecule has 30 heavy (non-hydrogen) atoms. The van der Waals surface area contributed by atoms with Gasteiger partial charge in [0.2, 0.25) is 5.88 Å². The molecule has 1 aromatic carbocycles. The van der Waals surface area contributed by atoms with E-state index < -0.39 is 6.10 Å². The summed E-state index contributed by atoms with van der Waals surface area (Å²) in [7, 11) is 0. The van der Waals surface area contributed by atoms with Gasteiger partial charge in [-0.1, -0.05) is 0 Å². The van der Waals surface area contributed by atoms with E-state index in [2.05, 4.69) is 4.98 Å². The summed E-state index contributed by atoms with van der Waals surface area (Å²) in [6, 6.07) is 9.10. The number of rotatable bonds is 6. The predicted molar refractivity (Wildman–Crippen MR) is 113 cm³/mol. The Bertz CT molecular complexity index is 1030. The maximum atomic E-state index is 10.1. The minimum absolute atomic E-state index is 0.0920. The molecule has 2 aromatic heterocycles. The number of aryl methyl sites for hydroxylation is 1. The van der Waals surface area contributed by atoms with Crippen molar-refractivity contribution in [2.45, 2.75) is 31.8 Å². The van der Waals surface area contributed by atoms with Crippen molar-refractivity contribution in [2.75, 3.05) is 26.4 Å². The van der Waals surface area contributed by atoms with Gasteiger partial charge < -0.3 is 24.8 Å². The van der Waals surface area contributed by atoms with Crippen molar-refractivity contribution in [3.05, 3.63) is 47.9 Å². The second kappa shape index (κ2) is 8.95. The number of hydrogen-bond acceptors (Lipinski definition) is 7. The van der Waals surface area contributed by atoms with Crippen LogP contribution >= 0.6 is 0 Å². The maximum Gasteiger partial charge on any atom is 0.222 e. The average molecular weight is 410 g/mol. The van der Waals surface area contributed by atoms with Crippen LogP contribution in [-0.4, -0.2) is 57.8 Å². The molecular weight excluding hydrogens is 384 g/mol. The van der Waals surface area contributed by atoms with E-state index in [0.29, 0.717) is 24.5 Å². The molecule has 1 saturated heterocycles. The highest BCUT2D eigenvalue weighted by molar-refractivity contribution is 6.01. The third-order valence-corrected chi connectivity index (χ3v) is 5.46. The van der Waals surface area contributed by atoms with E-state index in [0.717, 1.165) is 40.7 Å². The van der Waals surface area contributed by atoms with Crippen LogP contribution in [0.3, 0.4) is 0 Å². The number of phenolic OH excluding ortho intramolecular Hbond substituents is 1. The molecule has 3 N–H and O–H groups in total. The molecule has 4 rings (SSSR count). The zero-order chi connectivity index (χ0) is 21.1. The molecule has 158 valence electrons. The molecule has 7 nitrogen and oxygen atoms in total. The van der Waals surface area contributed by atoms with Crippen molar-refractivity contribution < 1.29 is 24.8 Å². The van der Waals surface area contributed by atoms with Crippen molar-refractivity contribution in [3.8, 4) is 22.8 Å². The van der Waals surface area contributed by atoms with Gasteiger partial charge in [-0.3, -0.25) is 4.98 Å². The molecule has 0 bridgehead atoms. The second-order valence-corrected chi connectivity index (χ2v) is 7.58. The number of ether oxygens (including phenoxy) is 2. The van der Waals surface area contributed by atoms with Crippen LogP contribution in [-0.2, 0) is 4.74 Å². The first-order chi connectivity index (χ1) is 14.6. The van der Waals surface area contributed by atoms with Crippen molar-refractivity contribution in [1.82, 2.24) is 9.97 Å². The summed E-state index contributed by atoms with van der Waals surface area (Å²) in [6.45, 7) is 2.61. The van der Waals surface area contributed by atoms with E-state index in [-0.39, 0.29) is 24.9 Å². The van der Waals surface area contributed by atoms with Crippen LogP contribution in [0.5, 0.6) is 11.6 Å². The monoisotopic (exact) mass is 410 g/mol. The van der Waals surface area contributed by atoms with Gasteiger partial charge in [-0.05, 0) is 61.0 Å². The molecule has 1 fully saturated rings. The Balaban J connectivity index is 1.99. The van der Waals surface area contributed by atoms with Crippen LogP contribution < -0.4 is 4.74 Å². The second-order valence-electron chi connectivity index (χ2n) is 7.58. The highest BCUT2D eigenvalue weighted by Gasteiger charge is 2.26. The van der Waals surface area contributed by atoms with Crippen LogP contribution in [0.15, 0.2) is 36.5 Å². The third-order valence-electron chi connectivity index (χ3n) is 5.46. The highest BCUT2D eigenvalue weighted by Crippen LogP contribution is 2.42. The summed E-state index contributed by atoms with van der Waals surface area (Å²) in [5.41, 5.74) is 3.78. The van der Waals surface area contributed by atoms with Gasteiger partial charge in [0, 0.05) is 42.0 Å². The van der Waals surface area contributed by atoms with Gasteiger partial charge in [0.25, 0.3) is 0 Å². The molecule has 7 heteroatoms. The van der Waals surface area contributed by atoms with Gasteiger partial charge in [0.1, 0.15) is 11.9 Å². The van der Waals surface area contributed by atoms with E-state index in [9.17, 15) is 15.3 Å². The van der Waals surface area contributed by atoms with Gasteiger partial charge in [-0.25, -0.2) is 4.98 Å². The fraction of sp³-hybridized carbons (Fsp3) is 0.391. The van der Waals surface area contributed by atoms with Crippen molar-refractivity contribution >= 4 is 10.8 Å². The minimum atomic E-state index is -0.792. The number of aromatic nitrogens is 2. The maximum absolute atomic E-state index is 10.1. The molecule has 0 aliphatic carbocycles. The van der Waals surface area contributed by atoms with Crippen molar-refractivity contribution in [1.29, 1.82) is 0 Å². The Morgan fingerprint density at radius 1 is 1.10 bits per heavy atom. The average Bonchev–Trinajstić information content (AvgIpc) is 2.77. The Morgan fingerprint density at radius 2 is 1.87 bits per heavy atom. The van der Waals surface area contributed by atoms with Crippen LogP contribution in [0.4, 0.5) is 0 Å². The molecule has 0 unspecified atom stereocenters. The topological polar surface area (TPSA) is 105 Å². The van der Waals surface area contributed by atoms with E-state index in [1.807, 2.05) is 25.1 Å². The number of aromatic hydroxyl groups is 1. The van der Waals surface area contributed by atoms with E-state index in [1.165, 1.54) is 0 Å². The lowest BCUT2D eigenvalue weighted by atomic mass is 9.87. The lowest BCUT2D eigenvalue weighted by molar-refractivity contribution is 0.0601. The van der Waals surface area contributed by atoms with Crippen molar-refractivity contribution in [2.24, 2.45) is 0 Å². The summed E-state index contributed by atoms with van der Waals surface area (Å²) < 4.78 is 11.4. The van der Waals surface area contributed by atoms with Gasteiger partial charge in [0.05, 0.1) is 18.9 Å². The Kier molecular flexibility index (Phi) is 6.13. The quantitative estimate of drug-likeness (QED) is 0.574. The standard InChI is InChI=1S/C23H26N2O5/c1-14-10-16(4-7-24-14)21-19-3-2-17(28)11-20(19)23(30-18(12-26)13-27)25-22(21)15-5-8-29-9-6-15/h2-4,7,10-11,15,18,26-28H,5-6,8-9,12-13H2,1H3. The van der Waals surface area contributed by atoms with Crippen LogP contribution in [0.2, 0.25) is 0 Å². The molecule has 0 radical (unpaired) electrons. The smallest absolute Gasteiger partial charge is 0.222 e. The first-order valence-electron chi connectivity index (χ1n) is 10.2. The van der Waals surface area contributed by atoms with E-state index in [4.69, 9.17) is 14.5 Å². The van der Waals surface area contributed by atoms with Crippen LogP contribution in [0.25, 0.3) is 21.9 Å². The van der Waals surface area contributed by atoms with Gasteiger partial charge in [0.15, 0.2) is 0 Å². The zero-order valence-corrected chi connectivity index (χ0v) is 16.9. The Labute approximate surface area is 174 Å². The Morgan fingerprint density at radius 3 is 2.57 bits per heavy atom. The van der Waals surface area contributed by atoms with Crippen LogP contribution in [0.1, 0.15) is 30.1 Å². The third kappa shape index (κ3) is 4.09. The molecule has 1 aliphatic heterocycles. The molecule has 3 heterocycles. The molecule has 0 amide bonds. The van der Waals surface area contributed by atoms with Gasteiger partial charge >= 0.3 is 0 Å². The highest BCUT2D eigenvalue weighted by atomic mass is 16.5. The number of benzene rings is 1. The zero-order valence-electron chi connectivity index (χ0n) is 16.9. The summed E-state index contributed by atoms with van der Waals surface area (Å²) in [6.07, 6.45) is 2.68. The number of nitrogens with zero attached hydrogens (tertiary/aromatic N) is 2.